The maximum atomic E-state index is 5.47. The van der Waals surface area contributed by atoms with E-state index in [1.165, 1.54) is 0 Å². The first-order valence-corrected chi connectivity index (χ1v) is 6.74. The van der Waals surface area contributed by atoms with E-state index in [4.69, 9.17) is 13.9 Å². The van der Waals surface area contributed by atoms with Gasteiger partial charge in [0.1, 0.15) is 5.52 Å². The molecular formula is C16H15N3O3. The highest BCUT2D eigenvalue weighted by atomic mass is 16.5. The molecule has 3 aromatic rings. The maximum absolute atomic E-state index is 5.47. The molecule has 2 aromatic carbocycles. The number of hydrogen-bond donors (Lipinski definition) is 0. The van der Waals surface area contributed by atoms with Crippen LogP contribution in [0.1, 0.15) is 5.56 Å². The van der Waals surface area contributed by atoms with E-state index in [2.05, 4.69) is 15.2 Å². The fourth-order valence-corrected chi connectivity index (χ4v) is 2.06. The number of nitrogens with zero attached hydrogens (tertiary/aromatic N) is 3. The van der Waals surface area contributed by atoms with E-state index >= 15 is 0 Å². The highest BCUT2D eigenvalue weighted by Crippen LogP contribution is 2.28. The first-order chi connectivity index (χ1) is 10.8. The molecule has 0 atom stereocenters. The molecule has 0 unspecified atom stereocenters. The average molecular weight is 297 g/mol. The molecule has 1 aromatic heterocycles. The van der Waals surface area contributed by atoms with Gasteiger partial charge in [-0.3, -0.25) is 0 Å². The van der Waals surface area contributed by atoms with E-state index in [1.54, 1.807) is 14.2 Å². The van der Waals surface area contributed by atoms with Crippen molar-refractivity contribution < 1.29 is 13.9 Å². The average Bonchev–Trinajstić information content (AvgIpc) is 2.97. The van der Waals surface area contributed by atoms with Crippen molar-refractivity contribution in [3.8, 4) is 11.5 Å². The number of rotatable bonds is 5. The minimum absolute atomic E-state index is 0.252. The highest BCUT2D eigenvalue weighted by Gasteiger charge is 2.05. The summed E-state index contributed by atoms with van der Waals surface area (Å²) in [5.41, 5.74) is 2.42. The molecule has 0 fully saturated rings. The van der Waals surface area contributed by atoms with Gasteiger partial charge in [0.15, 0.2) is 17.1 Å². The second-order valence-electron chi connectivity index (χ2n) is 4.55. The van der Waals surface area contributed by atoms with Crippen LogP contribution >= 0.6 is 0 Å². The number of benzene rings is 2. The van der Waals surface area contributed by atoms with Gasteiger partial charge in [-0.05, 0) is 29.8 Å². The number of azo groups is 1. The van der Waals surface area contributed by atoms with Gasteiger partial charge in [0.2, 0.25) is 0 Å². The minimum atomic E-state index is 0.252. The third kappa shape index (κ3) is 2.90. The molecule has 0 aliphatic rings. The predicted octanol–water partition coefficient (Wildman–Crippen LogP) is 4.13. The summed E-state index contributed by atoms with van der Waals surface area (Å²) in [6.45, 7) is 0.402. The largest absolute Gasteiger partial charge is 0.493 e. The number of aromatic nitrogens is 1. The van der Waals surface area contributed by atoms with Crippen molar-refractivity contribution in [2.75, 3.05) is 14.2 Å². The van der Waals surface area contributed by atoms with Crippen molar-refractivity contribution in [2.24, 2.45) is 10.2 Å². The zero-order valence-electron chi connectivity index (χ0n) is 12.3. The standard InChI is InChI=1S/C16H15N3O3/c1-20-14-8-7-11(9-15(14)21-2)10-17-19-16-18-12-5-3-4-6-13(12)22-16/h3-9H,10H2,1-2H3. The van der Waals surface area contributed by atoms with Gasteiger partial charge in [0.25, 0.3) is 0 Å². The summed E-state index contributed by atoms with van der Waals surface area (Å²) in [5, 5.41) is 8.12. The van der Waals surface area contributed by atoms with Gasteiger partial charge in [-0.1, -0.05) is 23.3 Å². The van der Waals surface area contributed by atoms with Crippen molar-refractivity contribution in [3.63, 3.8) is 0 Å². The van der Waals surface area contributed by atoms with Gasteiger partial charge in [-0.25, -0.2) is 0 Å². The fourth-order valence-electron chi connectivity index (χ4n) is 2.06. The molecule has 0 aliphatic carbocycles. The number of hydrogen-bond acceptors (Lipinski definition) is 6. The van der Waals surface area contributed by atoms with Crippen molar-refractivity contribution in [1.82, 2.24) is 4.98 Å². The minimum Gasteiger partial charge on any atom is -0.493 e. The molecule has 0 radical (unpaired) electrons. The van der Waals surface area contributed by atoms with Gasteiger partial charge in [0.05, 0.1) is 20.8 Å². The van der Waals surface area contributed by atoms with Crippen LogP contribution < -0.4 is 9.47 Å². The van der Waals surface area contributed by atoms with Crippen LogP contribution in [0.5, 0.6) is 11.5 Å². The number of ether oxygens (including phenoxy) is 2. The number of fused-ring (bicyclic) bond motifs is 1. The second kappa shape index (κ2) is 6.26. The van der Waals surface area contributed by atoms with E-state index < -0.39 is 0 Å². The smallest absolute Gasteiger partial charge is 0.341 e. The van der Waals surface area contributed by atoms with E-state index in [0.717, 1.165) is 11.1 Å². The van der Waals surface area contributed by atoms with Crippen molar-refractivity contribution in [3.05, 3.63) is 48.0 Å². The summed E-state index contributed by atoms with van der Waals surface area (Å²) in [5.74, 6) is 1.35. The second-order valence-corrected chi connectivity index (χ2v) is 4.55. The summed E-state index contributed by atoms with van der Waals surface area (Å²) in [4.78, 5) is 4.23. The van der Waals surface area contributed by atoms with Gasteiger partial charge < -0.3 is 13.9 Å². The van der Waals surface area contributed by atoms with E-state index in [1.807, 2.05) is 42.5 Å². The Morgan fingerprint density at radius 2 is 1.86 bits per heavy atom. The Balaban J connectivity index is 1.74. The molecule has 0 saturated heterocycles. The summed E-state index contributed by atoms with van der Waals surface area (Å²) in [6, 6.07) is 13.4. The Bertz CT molecular complexity index is 778. The molecule has 6 heteroatoms. The van der Waals surface area contributed by atoms with Crippen LogP contribution in [0.2, 0.25) is 0 Å². The SMILES string of the molecule is COc1ccc(CN=Nc2nc3ccccc3o2)cc1OC. The van der Waals surface area contributed by atoms with E-state index in [0.29, 0.717) is 23.6 Å². The molecule has 0 spiro atoms. The monoisotopic (exact) mass is 297 g/mol. The van der Waals surface area contributed by atoms with Crippen molar-refractivity contribution in [2.45, 2.75) is 6.54 Å². The van der Waals surface area contributed by atoms with Crippen LogP contribution in [0.25, 0.3) is 11.1 Å². The lowest BCUT2D eigenvalue weighted by Gasteiger charge is -2.07. The van der Waals surface area contributed by atoms with Gasteiger partial charge >= 0.3 is 6.01 Å². The summed E-state index contributed by atoms with van der Waals surface area (Å²) >= 11 is 0. The highest BCUT2D eigenvalue weighted by molar-refractivity contribution is 5.73. The molecule has 0 N–H and O–H groups in total. The van der Waals surface area contributed by atoms with E-state index in [-0.39, 0.29) is 6.01 Å². The van der Waals surface area contributed by atoms with Crippen LogP contribution in [0, 0.1) is 0 Å². The summed E-state index contributed by atoms with van der Waals surface area (Å²) < 4.78 is 15.9. The summed E-state index contributed by atoms with van der Waals surface area (Å²) in [6.07, 6.45) is 0. The van der Waals surface area contributed by atoms with Crippen LogP contribution in [0.4, 0.5) is 6.01 Å². The lowest BCUT2D eigenvalue weighted by Crippen LogP contribution is -1.91. The molecule has 0 amide bonds. The number of oxazole rings is 1. The molecule has 0 bridgehead atoms. The zero-order valence-corrected chi connectivity index (χ0v) is 12.3. The Kier molecular flexibility index (Phi) is 4.00. The van der Waals surface area contributed by atoms with Crippen LogP contribution in [-0.2, 0) is 6.54 Å². The van der Waals surface area contributed by atoms with Crippen LogP contribution in [0.3, 0.4) is 0 Å². The number of methoxy groups -OCH3 is 2. The molecule has 112 valence electrons. The van der Waals surface area contributed by atoms with Crippen molar-refractivity contribution in [1.29, 1.82) is 0 Å². The molecule has 6 nitrogen and oxygen atoms in total. The molecule has 1 heterocycles. The molecule has 22 heavy (non-hydrogen) atoms. The first-order valence-electron chi connectivity index (χ1n) is 6.74. The van der Waals surface area contributed by atoms with Gasteiger partial charge in [-0.2, -0.15) is 10.1 Å². The Morgan fingerprint density at radius 3 is 2.64 bits per heavy atom. The lowest BCUT2D eigenvalue weighted by molar-refractivity contribution is 0.354. The molecule has 0 saturated carbocycles. The zero-order chi connectivity index (χ0) is 15.4. The third-order valence-corrected chi connectivity index (χ3v) is 3.14. The van der Waals surface area contributed by atoms with E-state index in [9.17, 15) is 0 Å². The Hall–Kier alpha value is -2.89. The fraction of sp³-hybridized carbons (Fsp3) is 0.188. The van der Waals surface area contributed by atoms with Crippen LogP contribution in [-0.4, -0.2) is 19.2 Å². The molecule has 0 aliphatic heterocycles. The number of para-hydroxylation sites is 2. The molecule has 3 rings (SSSR count). The normalized spacial score (nSPS) is 11.2. The van der Waals surface area contributed by atoms with Gasteiger partial charge in [0, 0.05) is 0 Å². The Labute approximate surface area is 127 Å². The third-order valence-electron chi connectivity index (χ3n) is 3.14. The lowest BCUT2D eigenvalue weighted by atomic mass is 10.2. The predicted molar refractivity (Wildman–Crippen MR) is 81.8 cm³/mol. The summed E-state index contributed by atoms with van der Waals surface area (Å²) in [7, 11) is 3.20. The maximum Gasteiger partial charge on any atom is 0.341 e. The topological polar surface area (TPSA) is 69.2 Å². The molecular weight excluding hydrogens is 282 g/mol. The van der Waals surface area contributed by atoms with Crippen LogP contribution in [0.15, 0.2) is 57.1 Å². The first kappa shape index (κ1) is 14.1. The quantitative estimate of drug-likeness (QED) is 0.664. The van der Waals surface area contributed by atoms with Gasteiger partial charge in [-0.15, -0.1) is 0 Å². The Morgan fingerprint density at radius 1 is 1.05 bits per heavy atom. The van der Waals surface area contributed by atoms with Crippen molar-refractivity contribution >= 4 is 17.1 Å².